The molecule has 0 radical (unpaired) electrons. The molecule has 7 nitrogen and oxygen atoms in total. The first-order chi connectivity index (χ1) is 15.7. The van der Waals surface area contributed by atoms with Crippen molar-refractivity contribution in [3.8, 4) is 17.2 Å². The molecule has 33 heavy (non-hydrogen) atoms. The van der Waals surface area contributed by atoms with Crippen molar-refractivity contribution in [1.82, 2.24) is 9.97 Å². The molecule has 166 valence electrons. The van der Waals surface area contributed by atoms with Gasteiger partial charge in [0.05, 0.1) is 34.4 Å². The molecule has 4 aromatic rings. The summed E-state index contributed by atoms with van der Waals surface area (Å²) in [6, 6.07) is 19.7. The Balaban J connectivity index is 1.81. The van der Waals surface area contributed by atoms with E-state index in [1.54, 1.807) is 25.4 Å². The molecule has 0 saturated heterocycles. The first kappa shape index (κ1) is 22.2. The average molecular weight is 458 g/mol. The molecule has 0 spiro atoms. The van der Waals surface area contributed by atoms with Gasteiger partial charge in [-0.2, -0.15) is 5.26 Å². The van der Waals surface area contributed by atoms with Crippen LogP contribution in [0.15, 0.2) is 67.0 Å². The molecule has 0 fully saturated rings. The van der Waals surface area contributed by atoms with Crippen LogP contribution in [0.3, 0.4) is 0 Å². The smallest absolute Gasteiger partial charge is 0.229 e. The molecule has 2 N–H and O–H groups in total. The Morgan fingerprint density at radius 3 is 2.45 bits per heavy atom. The van der Waals surface area contributed by atoms with Crippen molar-refractivity contribution in [2.75, 3.05) is 16.3 Å². The van der Waals surface area contributed by atoms with Gasteiger partial charge in [-0.25, -0.2) is 8.42 Å². The molecule has 2 heterocycles. The number of nitrogens with zero attached hydrogens (tertiary/aromatic N) is 3. The van der Waals surface area contributed by atoms with Crippen LogP contribution in [-0.2, 0) is 10.0 Å². The van der Waals surface area contributed by atoms with E-state index < -0.39 is 10.0 Å². The summed E-state index contributed by atoms with van der Waals surface area (Å²) in [4.78, 5) is 8.79. The third-order valence-electron chi connectivity index (χ3n) is 5.36. The van der Waals surface area contributed by atoms with Gasteiger partial charge >= 0.3 is 0 Å². The molecule has 0 aliphatic carbocycles. The zero-order valence-electron chi connectivity index (χ0n) is 18.5. The second-order valence-corrected chi connectivity index (χ2v) is 9.65. The van der Waals surface area contributed by atoms with Crippen LogP contribution >= 0.6 is 0 Å². The van der Waals surface area contributed by atoms with Gasteiger partial charge in [-0.3, -0.25) is 14.7 Å². The predicted molar refractivity (Wildman–Crippen MR) is 131 cm³/mol. The quantitative estimate of drug-likeness (QED) is 0.421. The molecule has 2 aromatic carbocycles. The van der Waals surface area contributed by atoms with E-state index in [1.165, 1.54) is 0 Å². The van der Waals surface area contributed by atoms with Crippen molar-refractivity contribution in [3.63, 3.8) is 0 Å². The highest BCUT2D eigenvalue weighted by Gasteiger charge is 2.15. The summed E-state index contributed by atoms with van der Waals surface area (Å²) in [5.74, 6) is 0. The van der Waals surface area contributed by atoms with Gasteiger partial charge < -0.3 is 5.32 Å². The van der Waals surface area contributed by atoms with Gasteiger partial charge in [-0.05, 0) is 43.2 Å². The predicted octanol–water partition coefficient (Wildman–Crippen LogP) is 5.02. The summed E-state index contributed by atoms with van der Waals surface area (Å²) < 4.78 is 26.0. The second-order valence-electron chi connectivity index (χ2n) is 7.90. The number of hydrogen-bond donors (Lipinski definition) is 2. The summed E-state index contributed by atoms with van der Waals surface area (Å²) in [7, 11) is -3.43. The first-order valence-electron chi connectivity index (χ1n) is 10.3. The average Bonchev–Trinajstić information content (AvgIpc) is 2.80. The molecule has 0 aliphatic heterocycles. The summed E-state index contributed by atoms with van der Waals surface area (Å²) in [6.45, 7) is 3.79. The van der Waals surface area contributed by atoms with Crippen LogP contribution < -0.4 is 10.0 Å². The highest BCUT2D eigenvalue weighted by Crippen LogP contribution is 2.33. The number of aryl methyl sites for hydroxylation is 1. The van der Waals surface area contributed by atoms with E-state index in [9.17, 15) is 13.7 Å². The third kappa shape index (κ3) is 4.94. The van der Waals surface area contributed by atoms with Crippen molar-refractivity contribution >= 4 is 32.3 Å². The molecule has 2 aromatic heterocycles. The third-order valence-corrected chi connectivity index (χ3v) is 5.96. The van der Waals surface area contributed by atoms with Crippen molar-refractivity contribution in [2.24, 2.45) is 0 Å². The Kier molecular flexibility index (Phi) is 5.99. The summed E-state index contributed by atoms with van der Waals surface area (Å²) in [5.41, 5.74) is 5.58. The molecule has 1 atom stereocenters. The lowest BCUT2D eigenvalue weighted by Gasteiger charge is -2.19. The highest BCUT2D eigenvalue weighted by atomic mass is 32.2. The molecular formula is C25H23N5O2S. The van der Waals surface area contributed by atoms with Gasteiger partial charge in [0.25, 0.3) is 0 Å². The van der Waals surface area contributed by atoms with E-state index >= 15 is 0 Å². The number of fused-ring (bicyclic) bond motifs is 1. The maximum Gasteiger partial charge on any atom is 0.229 e. The number of sulfonamides is 1. The Morgan fingerprint density at radius 2 is 1.76 bits per heavy atom. The van der Waals surface area contributed by atoms with E-state index in [-0.39, 0.29) is 6.04 Å². The Hall–Kier alpha value is -3.96. The van der Waals surface area contributed by atoms with Gasteiger partial charge in [-0.1, -0.05) is 36.4 Å². The summed E-state index contributed by atoms with van der Waals surface area (Å²) in [6.07, 6.45) is 4.38. The van der Waals surface area contributed by atoms with Crippen LogP contribution in [0.25, 0.3) is 22.0 Å². The fourth-order valence-electron chi connectivity index (χ4n) is 3.65. The monoisotopic (exact) mass is 457 g/mol. The molecule has 8 heteroatoms. The summed E-state index contributed by atoms with van der Waals surface area (Å²) >= 11 is 0. The van der Waals surface area contributed by atoms with Gasteiger partial charge in [0, 0.05) is 29.4 Å². The first-order valence-corrected chi connectivity index (χ1v) is 12.2. The standard InChI is InChI=1S/C25H23N5O2S/c1-16(18-7-5-4-6-8-18)29-25-21(13-26)15-28-23-10-9-19(11-22(23)25)20-12-24(17(2)27-14-20)30-33(3,31)32/h4-12,14-16,30H,1-3H3,(H,28,29). The fraction of sp³-hybridized carbons (Fsp3) is 0.160. The lowest BCUT2D eigenvalue weighted by Crippen LogP contribution is -2.11. The van der Waals surface area contributed by atoms with E-state index in [1.807, 2.05) is 55.5 Å². The maximum absolute atomic E-state index is 11.7. The lowest BCUT2D eigenvalue weighted by molar-refractivity contribution is 0.606. The van der Waals surface area contributed by atoms with Crippen LogP contribution in [0.5, 0.6) is 0 Å². The van der Waals surface area contributed by atoms with Crippen molar-refractivity contribution < 1.29 is 8.42 Å². The van der Waals surface area contributed by atoms with Crippen LogP contribution in [0, 0.1) is 18.3 Å². The maximum atomic E-state index is 11.7. The van der Waals surface area contributed by atoms with Crippen LogP contribution in [-0.4, -0.2) is 24.6 Å². The van der Waals surface area contributed by atoms with Gasteiger partial charge in [-0.15, -0.1) is 0 Å². The largest absolute Gasteiger partial charge is 0.377 e. The number of hydrogen-bond acceptors (Lipinski definition) is 6. The Labute approximate surface area is 193 Å². The zero-order valence-corrected chi connectivity index (χ0v) is 19.3. The topological polar surface area (TPSA) is 108 Å². The fourth-order valence-corrected chi connectivity index (χ4v) is 4.25. The Morgan fingerprint density at radius 1 is 1.00 bits per heavy atom. The zero-order chi connectivity index (χ0) is 23.6. The molecule has 4 rings (SSSR count). The second kappa shape index (κ2) is 8.88. The van der Waals surface area contributed by atoms with Crippen molar-refractivity contribution in [1.29, 1.82) is 5.26 Å². The number of aromatic nitrogens is 2. The minimum absolute atomic E-state index is 0.0286. The number of nitrogens with one attached hydrogen (secondary N) is 2. The van der Waals surface area contributed by atoms with Crippen LogP contribution in [0.1, 0.15) is 29.8 Å². The van der Waals surface area contributed by atoms with Crippen LogP contribution in [0.4, 0.5) is 11.4 Å². The molecule has 0 amide bonds. The lowest BCUT2D eigenvalue weighted by atomic mass is 10.0. The number of anilines is 2. The number of pyridine rings is 2. The number of nitriles is 1. The van der Waals surface area contributed by atoms with Crippen LogP contribution in [0.2, 0.25) is 0 Å². The van der Waals surface area contributed by atoms with Gasteiger partial charge in [0.1, 0.15) is 6.07 Å². The van der Waals surface area contributed by atoms with E-state index in [0.717, 1.165) is 33.8 Å². The highest BCUT2D eigenvalue weighted by molar-refractivity contribution is 7.92. The van der Waals surface area contributed by atoms with Crippen molar-refractivity contribution in [2.45, 2.75) is 19.9 Å². The number of benzene rings is 2. The van der Waals surface area contributed by atoms with E-state index in [4.69, 9.17) is 0 Å². The Bertz CT molecular complexity index is 1480. The molecule has 1 unspecified atom stereocenters. The minimum Gasteiger partial charge on any atom is -0.377 e. The SMILES string of the molecule is Cc1ncc(-c2ccc3ncc(C#N)c(NC(C)c4ccccc4)c3c2)cc1NS(C)(=O)=O. The summed E-state index contributed by atoms with van der Waals surface area (Å²) in [5, 5.41) is 14.0. The van der Waals surface area contributed by atoms with E-state index in [0.29, 0.717) is 22.6 Å². The molecular weight excluding hydrogens is 434 g/mol. The normalized spacial score (nSPS) is 12.2. The van der Waals surface area contributed by atoms with Crippen molar-refractivity contribution in [3.05, 3.63) is 83.8 Å². The molecule has 0 aliphatic rings. The molecule has 0 saturated carbocycles. The molecule has 0 bridgehead atoms. The van der Waals surface area contributed by atoms with E-state index in [2.05, 4.69) is 26.1 Å². The van der Waals surface area contributed by atoms with Gasteiger partial charge in [0.15, 0.2) is 0 Å². The van der Waals surface area contributed by atoms with Gasteiger partial charge in [0.2, 0.25) is 10.0 Å². The minimum atomic E-state index is -3.43. The number of rotatable bonds is 6.